The van der Waals surface area contributed by atoms with Crippen molar-refractivity contribution in [2.75, 3.05) is 26.2 Å². The van der Waals surface area contributed by atoms with Gasteiger partial charge in [-0.15, -0.1) is 0 Å². The van der Waals surface area contributed by atoms with Crippen LogP contribution in [0.4, 0.5) is 8.78 Å². The lowest BCUT2D eigenvalue weighted by Crippen LogP contribution is -2.47. The molecule has 0 unspecified atom stereocenters. The summed E-state index contributed by atoms with van der Waals surface area (Å²) in [5.74, 6) is -0.522. The van der Waals surface area contributed by atoms with Gasteiger partial charge in [0, 0.05) is 32.7 Å². The average molecular weight is 447 g/mol. The van der Waals surface area contributed by atoms with Gasteiger partial charge in [0.25, 0.3) is 0 Å². The summed E-state index contributed by atoms with van der Waals surface area (Å²) in [6.07, 6.45) is 0. The molecule has 4 rings (SSSR count). The number of halogens is 4. The molecule has 0 aromatic heterocycles. The van der Waals surface area contributed by atoms with E-state index in [1.807, 2.05) is 42.5 Å². The van der Waals surface area contributed by atoms with Crippen LogP contribution in [0, 0.1) is 11.6 Å². The first kappa shape index (κ1) is 21.3. The third-order valence-corrected chi connectivity index (χ3v) is 6.27. The van der Waals surface area contributed by atoms with Crippen molar-refractivity contribution < 1.29 is 8.78 Å². The quantitative estimate of drug-likeness (QED) is 0.461. The highest BCUT2D eigenvalue weighted by molar-refractivity contribution is 6.42. The van der Waals surface area contributed by atoms with Crippen molar-refractivity contribution in [1.29, 1.82) is 0 Å². The van der Waals surface area contributed by atoms with Crippen LogP contribution in [0.3, 0.4) is 0 Å². The lowest BCUT2D eigenvalue weighted by Gasteiger charge is -2.40. The molecule has 0 amide bonds. The SMILES string of the molecule is Fc1ccc(C(c2ccc(F)cc2)N2CCN(Cc3ccc(Cl)c(Cl)c3)CC2)cc1. The molecule has 0 aliphatic carbocycles. The minimum absolute atomic E-state index is 0.0432. The smallest absolute Gasteiger partial charge is 0.123 e. The molecular formula is C24H22Cl2F2N2. The third-order valence-electron chi connectivity index (χ3n) is 5.53. The zero-order valence-corrected chi connectivity index (χ0v) is 17.9. The van der Waals surface area contributed by atoms with Crippen LogP contribution in [0.15, 0.2) is 66.7 Å². The van der Waals surface area contributed by atoms with Gasteiger partial charge >= 0.3 is 0 Å². The molecule has 1 fully saturated rings. The molecule has 0 radical (unpaired) electrons. The molecule has 2 nitrogen and oxygen atoms in total. The highest BCUT2D eigenvalue weighted by atomic mass is 35.5. The zero-order chi connectivity index (χ0) is 21.1. The minimum Gasteiger partial charge on any atom is -0.297 e. The molecule has 156 valence electrons. The van der Waals surface area contributed by atoms with Crippen LogP contribution in [0.2, 0.25) is 10.0 Å². The topological polar surface area (TPSA) is 6.48 Å². The van der Waals surface area contributed by atoms with Crippen molar-refractivity contribution in [1.82, 2.24) is 9.80 Å². The van der Waals surface area contributed by atoms with Crippen LogP contribution < -0.4 is 0 Å². The summed E-state index contributed by atoms with van der Waals surface area (Å²) >= 11 is 12.2. The zero-order valence-electron chi connectivity index (χ0n) is 16.4. The van der Waals surface area contributed by atoms with Gasteiger partial charge in [-0.2, -0.15) is 0 Å². The predicted molar refractivity (Wildman–Crippen MR) is 118 cm³/mol. The van der Waals surface area contributed by atoms with Gasteiger partial charge in [0.1, 0.15) is 11.6 Å². The van der Waals surface area contributed by atoms with Gasteiger partial charge in [-0.3, -0.25) is 9.80 Å². The van der Waals surface area contributed by atoms with Crippen molar-refractivity contribution >= 4 is 23.2 Å². The summed E-state index contributed by atoms with van der Waals surface area (Å²) in [5.41, 5.74) is 3.13. The highest BCUT2D eigenvalue weighted by Gasteiger charge is 2.26. The maximum atomic E-state index is 13.5. The molecular weight excluding hydrogens is 425 g/mol. The van der Waals surface area contributed by atoms with Gasteiger partial charge < -0.3 is 0 Å². The summed E-state index contributed by atoms with van der Waals surface area (Å²) < 4.78 is 26.9. The molecule has 0 N–H and O–H groups in total. The lowest BCUT2D eigenvalue weighted by molar-refractivity contribution is 0.105. The van der Waals surface area contributed by atoms with E-state index in [0.29, 0.717) is 10.0 Å². The van der Waals surface area contributed by atoms with E-state index in [1.54, 1.807) is 0 Å². The standard InChI is InChI=1S/C24H22Cl2F2N2/c25-22-10-1-17(15-23(22)26)16-29-11-13-30(14-12-29)24(18-2-6-20(27)7-3-18)19-4-8-21(28)9-5-19/h1-10,15,24H,11-14,16H2. The van der Waals surface area contributed by atoms with Gasteiger partial charge in [0.05, 0.1) is 16.1 Å². The molecule has 6 heteroatoms. The summed E-state index contributed by atoms with van der Waals surface area (Å²) in [5, 5.41) is 1.13. The van der Waals surface area contributed by atoms with Gasteiger partial charge in [-0.05, 0) is 53.1 Å². The monoisotopic (exact) mass is 446 g/mol. The number of nitrogens with zero attached hydrogens (tertiary/aromatic N) is 2. The summed E-state index contributed by atoms with van der Waals surface area (Å²) in [6.45, 7) is 4.28. The highest BCUT2D eigenvalue weighted by Crippen LogP contribution is 2.30. The average Bonchev–Trinajstić information content (AvgIpc) is 2.75. The molecule has 1 heterocycles. The molecule has 0 saturated carbocycles. The number of rotatable bonds is 5. The van der Waals surface area contributed by atoms with E-state index in [2.05, 4.69) is 9.80 Å². The fourth-order valence-electron chi connectivity index (χ4n) is 3.98. The van der Waals surface area contributed by atoms with Crippen LogP contribution in [-0.2, 0) is 6.54 Å². The van der Waals surface area contributed by atoms with E-state index < -0.39 is 0 Å². The Hall–Kier alpha value is -1.98. The molecule has 1 aliphatic heterocycles. The molecule has 3 aromatic carbocycles. The Morgan fingerprint density at radius 2 is 1.23 bits per heavy atom. The van der Waals surface area contributed by atoms with Crippen LogP contribution in [-0.4, -0.2) is 36.0 Å². The Labute approximate surface area is 185 Å². The fraction of sp³-hybridized carbons (Fsp3) is 0.250. The van der Waals surface area contributed by atoms with Crippen molar-refractivity contribution in [2.45, 2.75) is 12.6 Å². The van der Waals surface area contributed by atoms with Crippen LogP contribution in [0.5, 0.6) is 0 Å². The minimum atomic E-state index is -0.261. The molecule has 0 bridgehead atoms. The Kier molecular flexibility index (Phi) is 6.69. The van der Waals surface area contributed by atoms with Gasteiger partial charge in [0.15, 0.2) is 0 Å². The molecule has 1 saturated heterocycles. The fourth-order valence-corrected chi connectivity index (χ4v) is 4.30. The Balaban J connectivity index is 1.49. The van der Waals surface area contributed by atoms with Crippen LogP contribution >= 0.6 is 23.2 Å². The van der Waals surface area contributed by atoms with Crippen molar-refractivity contribution in [3.63, 3.8) is 0 Å². The summed E-state index contributed by atoms with van der Waals surface area (Å²) in [6, 6.07) is 18.9. The summed E-state index contributed by atoms with van der Waals surface area (Å²) in [4.78, 5) is 4.74. The van der Waals surface area contributed by atoms with E-state index in [9.17, 15) is 8.78 Å². The van der Waals surface area contributed by atoms with Crippen LogP contribution in [0.25, 0.3) is 0 Å². The Bertz CT molecular complexity index is 940. The maximum absolute atomic E-state index is 13.5. The Morgan fingerprint density at radius 3 is 1.73 bits per heavy atom. The second kappa shape index (κ2) is 9.44. The first-order valence-electron chi connectivity index (χ1n) is 9.91. The number of hydrogen-bond acceptors (Lipinski definition) is 2. The lowest BCUT2D eigenvalue weighted by atomic mass is 9.96. The van der Waals surface area contributed by atoms with E-state index in [-0.39, 0.29) is 17.7 Å². The number of hydrogen-bond donors (Lipinski definition) is 0. The number of piperazine rings is 1. The largest absolute Gasteiger partial charge is 0.297 e. The van der Waals surface area contributed by atoms with Crippen molar-refractivity contribution in [3.8, 4) is 0 Å². The summed E-state index contributed by atoms with van der Waals surface area (Å²) in [7, 11) is 0. The molecule has 0 atom stereocenters. The molecule has 30 heavy (non-hydrogen) atoms. The van der Waals surface area contributed by atoms with Gasteiger partial charge in [-0.1, -0.05) is 53.5 Å². The molecule has 0 spiro atoms. The molecule has 3 aromatic rings. The van der Waals surface area contributed by atoms with E-state index in [1.165, 1.54) is 24.3 Å². The normalized spacial score (nSPS) is 15.6. The Morgan fingerprint density at radius 1 is 0.700 bits per heavy atom. The van der Waals surface area contributed by atoms with Crippen LogP contribution in [0.1, 0.15) is 22.7 Å². The van der Waals surface area contributed by atoms with E-state index >= 15 is 0 Å². The second-order valence-electron chi connectivity index (χ2n) is 7.57. The van der Waals surface area contributed by atoms with Crippen molar-refractivity contribution in [3.05, 3.63) is 105 Å². The maximum Gasteiger partial charge on any atom is 0.123 e. The van der Waals surface area contributed by atoms with Gasteiger partial charge in [-0.25, -0.2) is 8.78 Å². The molecule has 1 aliphatic rings. The second-order valence-corrected chi connectivity index (χ2v) is 8.38. The first-order valence-corrected chi connectivity index (χ1v) is 10.7. The van der Waals surface area contributed by atoms with E-state index in [4.69, 9.17) is 23.2 Å². The predicted octanol–water partition coefficient (Wildman–Crippen LogP) is 6.18. The first-order chi connectivity index (χ1) is 14.5. The van der Waals surface area contributed by atoms with Crippen molar-refractivity contribution in [2.24, 2.45) is 0 Å². The van der Waals surface area contributed by atoms with E-state index in [0.717, 1.165) is 49.4 Å². The van der Waals surface area contributed by atoms with Gasteiger partial charge in [0.2, 0.25) is 0 Å². The number of benzene rings is 3. The third kappa shape index (κ3) is 5.01.